The van der Waals surface area contributed by atoms with Crippen molar-refractivity contribution < 1.29 is 18.3 Å². The topological polar surface area (TPSA) is 46.2 Å². The molecule has 84 valence electrons. The van der Waals surface area contributed by atoms with Gasteiger partial charge in [0.15, 0.2) is 0 Å². The molecule has 1 aromatic carbocycles. The van der Waals surface area contributed by atoms with Gasteiger partial charge in [-0.2, -0.15) is 13.2 Å². The summed E-state index contributed by atoms with van der Waals surface area (Å²) in [5.74, 6) is 0. The van der Waals surface area contributed by atoms with Crippen molar-refractivity contribution in [3.63, 3.8) is 0 Å². The normalized spacial score (nSPS) is 14.0. The molecule has 0 aliphatic rings. The standard InChI is InChI=1S/C9H9BrF3NO/c10-7-2-1-5(8(14)4-15)3-6(7)9(11,12)13/h1-3,8,15H,4,14H2. The Balaban J connectivity index is 3.17. The van der Waals surface area contributed by atoms with E-state index in [0.29, 0.717) is 0 Å². The maximum Gasteiger partial charge on any atom is 0.417 e. The van der Waals surface area contributed by atoms with E-state index in [1.54, 1.807) is 0 Å². The second-order valence-electron chi connectivity index (χ2n) is 3.03. The third kappa shape index (κ3) is 2.93. The van der Waals surface area contributed by atoms with E-state index in [-0.39, 0.29) is 16.6 Å². The van der Waals surface area contributed by atoms with Gasteiger partial charge >= 0.3 is 6.18 Å². The molecule has 0 radical (unpaired) electrons. The fourth-order valence-corrected chi connectivity index (χ4v) is 1.57. The molecule has 0 aromatic heterocycles. The third-order valence-electron chi connectivity index (χ3n) is 1.92. The Labute approximate surface area is 93.0 Å². The molecule has 0 bridgehead atoms. The smallest absolute Gasteiger partial charge is 0.394 e. The molecule has 0 amide bonds. The summed E-state index contributed by atoms with van der Waals surface area (Å²) in [6.45, 7) is -0.390. The molecule has 0 spiro atoms. The average Bonchev–Trinajstić information content (AvgIpc) is 2.15. The van der Waals surface area contributed by atoms with Gasteiger partial charge in [-0.3, -0.25) is 0 Å². The monoisotopic (exact) mass is 283 g/mol. The number of rotatable bonds is 2. The van der Waals surface area contributed by atoms with Crippen LogP contribution in [-0.4, -0.2) is 11.7 Å². The molecular formula is C9H9BrF3NO. The highest BCUT2D eigenvalue weighted by Gasteiger charge is 2.33. The van der Waals surface area contributed by atoms with Crippen LogP contribution in [0.5, 0.6) is 0 Å². The largest absolute Gasteiger partial charge is 0.417 e. The van der Waals surface area contributed by atoms with Crippen LogP contribution in [0.25, 0.3) is 0 Å². The van der Waals surface area contributed by atoms with Crippen LogP contribution in [0.2, 0.25) is 0 Å². The third-order valence-corrected chi connectivity index (χ3v) is 2.61. The predicted molar refractivity (Wildman–Crippen MR) is 53.2 cm³/mol. The Hall–Kier alpha value is -0.590. The molecule has 1 unspecified atom stereocenters. The molecule has 0 heterocycles. The Morgan fingerprint density at radius 1 is 1.40 bits per heavy atom. The van der Waals surface area contributed by atoms with Crippen molar-refractivity contribution in [3.05, 3.63) is 33.8 Å². The molecule has 1 rings (SSSR count). The lowest BCUT2D eigenvalue weighted by molar-refractivity contribution is -0.138. The summed E-state index contributed by atoms with van der Waals surface area (Å²) < 4.78 is 37.4. The van der Waals surface area contributed by atoms with Crippen LogP contribution < -0.4 is 5.73 Å². The number of hydrogen-bond donors (Lipinski definition) is 2. The van der Waals surface area contributed by atoms with Gasteiger partial charge in [-0.1, -0.05) is 22.0 Å². The van der Waals surface area contributed by atoms with Crippen LogP contribution >= 0.6 is 15.9 Å². The average molecular weight is 284 g/mol. The first-order valence-corrected chi connectivity index (χ1v) is 4.88. The number of alkyl halides is 3. The van der Waals surface area contributed by atoms with E-state index in [4.69, 9.17) is 10.8 Å². The molecule has 1 aromatic rings. The molecule has 1 atom stereocenters. The lowest BCUT2D eigenvalue weighted by atomic mass is 10.1. The first-order chi connectivity index (χ1) is 6.86. The van der Waals surface area contributed by atoms with Crippen LogP contribution in [-0.2, 0) is 6.18 Å². The molecule has 0 saturated carbocycles. The number of aliphatic hydroxyl groups is 1. The van der Waals surface area contributed by atoms with Gasteiger partial charge in [0, 0.05) is 4.47 Å². The highest BCUT2D eigenvalue weighted by molar-refractivity contribution is 9.10. The van der Waals surface area contributed by atoms with Crippen LogP contribution in [0.4, 0.5) is 13.2 Å². The zero-order valence-corrected chi connectivity index (χ0v) is 9.14. The van der Waals surface area contributed by atoms with Crippen LogP contribution in [0, 0.1) is 0 Å². The Morgan fingerprint density at radius 2 is 2.00 bits per heavy atom. The lowest BCUT2D eigenvalue weighted by Crippen LogP contribution is -2.16. The molecule has 0 aliphatic heterocycles. The van der Waals surface area contributed by atoms with Gasteiger partial charge in [0.05, 0.1) is 18.2 Å². The maximum absolute atomic E-state index is 12.5. The summed E-state index contributed by atoms with van der Waals surface area (Å²) in [4.78, 5) is 0. The van der Waals surface area contributed by atoms with E-state index < -0.39 is 17.8 Å². The first-order valence-electron chi connectivity index (χ1n) is 4.09. The van der Waals surface area contributed by atoms with Crippen molar-refractivity contribution in [1.29, 1.82) is 0 Å². The van der Waals surface area contributed by atoms with Crippen molar-refractivity contribution in [2.24, 2.45) is 5.73 Å². The minimum absolute atomic E-state index is 0.0381. The summed E-state index contributed by atoms with van der Waals surface area (Å²) in [5.41, 5.74) is 4.89. The molecule has 2 nitrogen and oxygen atoms in total. The highest BCUT2D eigenvalue weighted by Crippen LogP contribution is 2.35. The van der Waals surface area contributed by atoms with Crippen LogP contribution in [0.3, 0.4) is 0 Å². The van der Waals surface area contributed by atoms with Crippen molar-refractivity contribution in [3.8, 4) is 0 Å². The summed E-state index contributed by atoms with van der Waals surface area (Å²) >= 11 is 2.81. The lowest BCUT2D eigenvalue weighted by Gasteiger charge is -2.13. The van der Waals surface area contributed by atoms with E-state index in [1.165, 1.54) is 12.1 Å². The summed E-state index contributed by atoms with van der Waals surface area (Å²) in [5, 5.41) is 8.73. The molecule has 3 N–H and O–H groups in total. The van der Waals surface area contributed by atoms with E-state index in [2.05, 4.69) is 15.9 Å². The Morgan fingerprint density at radius 3 is 2.47 bits per heavy atom. The van der Waals surface area contributed by atoms with Crippen molar-refractivity contribution >= 4 is 15.9 Å². The molecular weight excluding hydrogens is 275 g/mol. The summed E-state index contributed by atoms with van der Waals surface area (Å²) in [7, 11) is 0. The molecule has 0 aliphatic carbocycles. The number of benzene rings is 1. The molecule has 0 saturated heterocycles. The van der Waals surface area contributed by atoms with Crippen LogP contribution in [0.1, 0.15) is 17.2 Å². The fraction of sp³-hybridized carbons (Fsp3) is 0.333. The Kier molecular flexibility index (Phi) is 3.75. The van der Waals surface area contributed by atoms with E-state index in [9.17, 15) is 13.2 Å². The predicted octanol–water partition coefficient (Wildman–Crippen LogP) is 2.46. The van der Waals surface area contributed by atoms with Gasteiger partial charge in [0.2, 0.25) is 0 Å². The first kappa shape index (κ1) is 12.5. The van der Waals surface area contributed by atoms with Crippen molar-refractivity contribution in [2.75, 3.05) is 6.61 Å². The maximum atomic E-state index is 12.5. The SMILES string of the molecule is NC(CO)c1ccc(Br)c(C(F)(F)F)c1. The number of aliphatic hydroxyl groups excluding tert-OH is 1. The van der Waals surface area contributed by atoms with Crippen molar-refractivity contribution in [2.45, 2.75) is 12.2 Å². The highest BCUT2D eigenvalue weighted by atomic mass is 79.9. The van der Waals surface area contributed by atoms with E-state index in [0.717, 1.165) is 6.07 Å². The second-order valence-corrected chi connectivity index (χ2v) is 3.88. The van der Waals surface area contributed by atoms with E-state index in [1.807, 2.05) is 0 Å². The zero-order chi connectivity index (χ0) is 11.6. The van der Waals surface area contributed by atoms with Gasteiger partial charge in [-0.05, 0) is 17.7 Å². The molecule has 0 fully saturated rings. The van der Waals surface area contributed by atoms with Crippen LogP contribution in [0.15, 0.2) is 22.7 Å². The second kappa shape index (κ2) is 4.51. The van der Waals surface area contributed by atoms with E-state index >= 15 is 0 Å². The van der Waals surface area contributed by atoms with Gasteiger partial charge in [-0.15, -0.1) is 0 Å². The molecule has 15 heavy (non-hydrogen) atoms. The summed E-state index contributed by atoms with van der Waals surface area (Å²) in [6.07, 6.45) is -4.43. The van der Waals surface area contributed by atoms with Gasteiger partial charge in [0.1, 0.15) is 0 Å². The minimum Gasteiger partial charge on any atom is -0.394 e. The van der Waals surface area contributed by atoms with Gasteiger partial charge in [-0.25, -0.2) is 0 Å². The van der Waals surface area contributed by atoms with Crippen molar-refractivity contribution in [1.82, 2.24) is 0 Å². The summed E-state index contributed by atoms with van der Waals surface area (Å²) in [6, 6.07) is 2.86. The van der Waals surface area contributed by atoms with Gasteiger partial charge < -0.3 is 10.8 Å². The minimum atomic E-state index is -4.43. The number of hydrogen-bond acceptors (Lipinski definition) is 2. The zero-order valence-electron chi connectivity index (χ0n) is 7.55. The Bertz CT molecular complexity index is 354. The fourth-order valence-electron chi connectivity index (χ4n) is 1.10. The molecule has 6 heteroatoms. The van der Waals surface area contributed by atoms with Gasteiger partial charge in [0.25, 0.3) is 0 Å². The number of halogens is 4. The number of nitrogens with two attached hydrogens (primary N) is 1. The quantitative estimate of drug-likeness (QED) is 0.876.